The van der Waals surface area contributed by atoms with Crippen molar-refractivity contribution in [2.45, 2.75) is 31.8 Å². The van der Waals surface area contributed by atoms with Gasteiger partial charge in [0.05, 0.1) is 44.2 Å². The Morgan fingerprint density at radius 3 is 3.09 bits per heavy atom. The lowest BCUT2D eigenvalue weighted by atomic mass is 9.94. The third-order valence-corrected chi connectivity index (χ3v) is 6.18. The lowest BCUT2D eigenvalue weighted by molar-refractivity contribution is -0.0855. The van der Waals surface area contributed by atoms with Gasteiger partial charge in [-0.2, -0.15) is 5.26 Å². The summed E-state index contributed by atoms with van der Waals surface area (Å²) in [5, 5.41) is 17.3. The van der Waals surface area contributed by atoms with Crippen molar-refractivity contribution in [2.75, 3.05) is 51.3 Å². The summed E-state index contributed by atoms with van der Waals surface area (Å²) < 4.78 is 10.9. The summed E-state index contributed by atoms with van der Waals surface area (Å²) in [6.07, 6.45) is 1.95. The van der Waals surface area contributed by atoms with Gasteiger partial charge in [0, 0.05) is 30.5 Å². The van der Waals surface area contributed by atoms with Gasteiger partial charge < -0.3 is 20.1 Å². The van der Waals surface area contributed by atoms with Gasteiger partial charge in [0.15, 0.2) is 5.13 Å². The fourth-order valence-corrected chi connectivity index (χ4v) is 4.60. The Labute approximate surface area is 191 Å². The maximum atomic E-state index is 12.4. The lowest BCUT2D eigenvalue weighted by Gasteiger charge is -2.30. The molecule has 1 amide bonds. The minimum atomic E-state index is -0.247. The fourth-order valence-electron chi connectivity index (χ4n) is 3.90. The van der Waals surface area contributed by atoms with Crippen molar-refractivity contribution in [3.63, 3.8) is 0 Å². The number of likely N-dealkylation sites (tertiary alicyclic amines) is 1. The molecule has 0 aromatic carbocycles. The van der Waals surface area contributed by atoms with E-state index in [2.05, 4.69) is 36.6 Å². The van der Waals surface area contributed by atoms with Gasteiger partial charge in [-0.15, -0.1) is 11.3 Å². The van der Waals surface area contributed by atoms with Gasteiger partial charge in [-0.3, -0.25) is 9.69 Å². The van der Waals surface area contributed by atoms with Crippen LogP contribution in [0.3, 0.4) is 0 Å². The highest BCUT2D eigenvalue weighted by Crippen LogP contribution is 2.28. The molecule has 10 nitrogen and oxygen atoms in total. The zero-order valence-electron chi connectivity index (χ0n) is 18.0. The van der Waals surface area contributed by atoms with Crippen molar-refractivity contribution in [1.29, 1.82) is 5.26 Å². The Morgan fingerprint density at radius 2 is 2.28 bits per heavy atom. The van der Waals surface area contributed by atoms with E-state index >= 15 is 0 Å². The molecule has 2 aliphatic rings. The third-order valence-electron chi connectivity index (χ3n) is 5.42. The summed E-state index contributed by atoms with van der Waals surface area (Å²) in [5.41, 5.74) is 1.31. The summed E-state index contributed by atoms with van der Waals surface area (Å²) in [6, 6.07) is 4.17. The lowest BCUT2D eigenvalue weighted by Crippen LogP contribution is -2.39. The number of amides is 1. The monoisotopic (exact) mass is 457 g/mol. The van der Waals surface area contributed by atoms with E-state index in [-0.39, 0.29) is 17.9 Å². The predicted octanol–water partition coefficient (Wildman–Crippen LogP) is 1.83. The standard InChI is InChI=1S/C21H27N7O3S/c1-14-24-17(15-3-2-5-28(11-15)6-4-22)9-19(25-14)27-21-26-18(13-32-21)20(29)23-10-16-12-30-7-8-31-16/h9,13,15-16H,2-3,5-8,10-12H2,1H3,(H,23,29)(H,24,25,26,27). The molecule has 2 aromatic heterocycles. The van der Waals surface area contributed by atoms with Crippen LogP contribution in [0, 0.1) is 18.3 Å². The fraction of sp³-hybridized carbons (Fsp3) is 0.571. The van der Waals surface area contributed by atoms with E-state index in [0.717, 1.165) is 31.6 Å². The highest BCUT2D eigenvalue weighted by atomic mass is 32.1. The predicted molar refractivity (Wildman–Crippen MR) is 119 cm³/mol. The van der Waals surface area contributed by atoms with E-state index in [1.165, 1.54) is 11.3 Å². The molecule has 2 unspecified atom stereocenters. The number of aryl methyl sites for hydroxylation is 1. The summed E-state index contributed by atoms with van der Waals surface area (Å²) in [6.45, 7) is 6.08. The molecule has 2 aliphatic heterocycles. The van der Waals surface area contributed by atoms with Gasteiger partial charge in [0.1, 0.15) is 17.3 Å². The van der Waals surface area contributed by atoms with Crippen molar-refractivity contribution in [1.82, 2.24) is 25.2 Å². The first kappa shape index (κ1) is 22.5. The molecule has 2 saturated heterocycles. The molecule has 2 fully saturated rings. The van der Waals surface area contributed by atoms with Crippen LogP contribution in [0.2, 0.25) is 0 Å². The van der Waals surface area contributed by atoms with Crippen LogP contribution in [0.5, 0.6) is 0 Å². The summed E-state index contributed by atoms with van der Waals surface area (Å²) in [4.78, 5) is 28.1. The van der Waals surface area contributed by atoms with Gasteiger partial charge in [0.25, 0.3) is 5.91 Å². The molecule has 2 aromatic rings. The molecule has 170 valence electrons. The van der Waals surface area contributed by atoms with Gasteiger partial charge in [-0.05, 0) is 26.3 Å². The maximum absolute atomic E-state index is 12.4. The molecule has 0 radical (unpaired) electrons. The van der Waals surface area contributed by atoms with Crippen LogP contribution in [0.1, 0.15) is 40.8 Å². The number of hydrogen-bond donors (Lipinski definition) is 2. The van der Waals surface area contributed by atoms with Crippen LogP contribution in [0.25, 0.3) is 0 Å². The minimum Gasteiger partial charge on any atom is -0.376 e. The smallest absolute Gasteiger partial charge is 0.270 e. The normalized spacial score (nSPS) is 21.6. The Morgan fingerprint density at radius 1 is 1.38 bits per heavy atom. The topological polar surface area (TPSA) is 125 Å². The molecular formula is C21H27N7O3S. The summed E-state index contributed by atoms with van der Waals surface area (Å²) in [5.74, 6) is 1.34. The van der Waals surface area contributed by atoms with Crippen molar-refractivity contribution in [2.24, 2.45) is 0 Å². The van der Waals surface area contributed by atoms with E-state index in [9.17, 15) is 4.79 Å². The number of carbonyl (C=O) groups excluding carboxylic acids is 1. The number of thiazole rings is 1. The SMILES string of the molecule is Cc1nc(Nc2nc(C(=O)NCC3COCCO3)cs2)cc(C2CCCN(CC#N)C2)n1. The van der Waals surface area contributed by atoms with E-state index in [1.807, 2.05) is 13.0 Å². The first-order valence-corrected chi connectivity index (χ1v) is 11.6. The molecule has 2 N–H and O–H groups in total. The molecule has 11 heteroatoms. The van der Waals surface area contributed by atoms with Gasteiger partial charge >= 0.3 is 0 Å². The maximum Gasteiger partial charge on any atom is 0.270 e. The number of carbonyl (C=O) groups is 1. The molecule has 2 atom stereocenters. The van der Waals surface area contributed by atoms with Crippen molar-refractivity contribution in [3.8, 4) is 6.07 Å². The Hall–Kier alpha value is -2.65. The molecule has 0 saturated carbocycles. The zero-order valence-corrected chi connectivity index (χ0v) is 18.9. The van der Waals surface area contributed by atoms with Gasteiger partial charge in [-0.1, -0.05) is 0 Å². The number of rotatable bonds is 7. The number of hydrogen-bond acceptors (Lipinski definition) is 10. The molecule has 4 heterocycles. The summed E-state index contributed by atoms with van der Waals surface area (Å²) in [7, 11) is 0. The number of nitriles is 1. The first-order chi connectivity index (χ1) is 15.6. The van der Waals surface area contributed by atoms with Crippen molar-refractivity contribution in [3.05, 3.63) is 28.7 Å². The second-order valence-electron chi connectivity index (χ2n) is 7.90. The second-order valence-corrected chi connectivity index (χ2v) is 8.76. The number of aromatic nitrogens is 3. The average molecular weight is 458 g/mol. The van der Waals surface area contributed by atoms with Gasteiger partial charge in [0.2, 0.25) is 0 Å². The quantitative estimate of drug-likeness (QED) is 0.599. The Balaban J connectivity index is 1.37. The van der Waals surface area contributed by atoms with Crippen LogP contribution in [-0.4, -0.2) is 77.9 Å². The molecule has 4 rings (SSSR count). The zero-order chi connectivity index (χ0) is 22.3. The van der Waals surface area contributed by atoms with Crippen LogP contribution >= 0.6 is 11.3 Å². The number of anilines is 2. The first-order valence-electron chi connectivity index (χ1n) is 10.8. The van der Waals surface area contributed by atoms with Crippen LogP contribution in [0.15, 0.2) is 11.4 Å². The van der Waals surface area contributed by atoms with Crippen molar-refractivity contribution >= 4 is 28.2 Å². The van der Waals surface area contributed by atoms with E-state index in [1.54, 1.807) is 5.38 Å². The number of ether oxygens (including phenoxy) is 2. The minimum absolute atomic E-state index is 0.129. The van der Waals surface area contributed by atoms with E-state index < -0.39 is 0 Å². The van der Waals surface area contributed by atoms with E-state index in [0.29, 0.717) is 55.4 Å². The largest absolute Gasteiger partial charge is 0.376 e. The van der Waals surface area contributed by atoms with E-state index in [4.69, 9.17) is 14.7 Å². The molecule has 0 spiro atoms. The molecular weight excluding hydrogens is 430 g/mol. The Kier molecular flexibility index (Phi) is 7.59. The van der Waals surface area contributed by atoms with Gasteiger partial charge in [-0.25, -0.2) is 15.0 Å². The second kappa shape index (κ2) is 10.8. The summed E-state index contributed by atoms with van der Waals surface area (Å²) >= 11 is 1.34. The highest BCUT2D eigenvalue weighted by Gasteiger charge is 2.23. The Bertz CT molecular complexity index is 971. The highest BCUT2D eigenvalue weighted by molar-refractivity contribution is 7.14. The van der Waals surface area contributed by atoms with Crippen molar-refractivity contribution < 1.29 is 14.3 Å². The molecule has 0 bridgehead atoms. The number of piperidine rings is 1. The molecule has 0 aliphatic carbocycles. The van der Waals surface area contributed by atoms with Crippen LogP contribution in [-0.2, 0) is 9.47 Å². The molecule has 32 heavy (non-hydrogen) atoms. The number of nitrogens with one attached hydrogen (secondary N) is 2. The van der Waals surface area contributed by atoms with Crippen LogP contribution in [0.4, 0.5) is 10.9 Å². The number of nitrogens with zero attached hydrogens (tertiary/aromatic N) is 5. The third kappa shape index (κ3) is 5.98. The van der Waals surface area contributed by atoms with Crippen LogP contribution < -0.4 is 10.6 Å². The average Bonchev–Trinajstić information content (AvgIpc) is 3.27.